The average molecular weight is 591 g/mol. The second kappa shape index (κ2) is 16.8. The van der Waals surface area contributed by atoms with Crippen LogP contribution in [-0.4, -0.2) is 35.8 Å². The summed E-state index contributed by atoms with van der Waals surface area (Å²) in [6.45, 7) is 0.116. The first kappa shape index (κ1) is 31.4. The SMILES string of the molecule is O=C(/C=C/C(=O)N[C@@H](Cc1ccccc1)C(=O)OCc1ccccc1)N[C@@H](Cc1ccccc1)C(=O)OCc1ccccc1. The van der Waals surface area contributed by atoms with Crippen LogP contribution in [0.5, 0.6) is 0 Å². The van der Waals surface area contributed by atoms with Crippen molar-refractivity contribution >= 4 is 23.8 Å². The normalized spacial score (nSPS) is 12.1. The van der Waals surface area contributed by atoms with Crippen molar-refractivity contribution in [2.75, 3.05) is 0 Å². The number of ether oxygens (including phenoxy) is 2. The van der Waals surface area contributed by atoms with Crippen LogP contribution in [0, 0.1) is 0 Å². The third-order valence-corrected chi connectivity index (χ3v) is 6.60. The third-order valence-electron chi connectivity index (χ3n) is 6.60. The van der Waals surface area contributed by atoms with Crippen molar-refractivity contribution in [3.05, 3.63) is 156 Å². The summed E-state index contributed by atoms with van der Waals surface area (Å²) in [5, 5.41) is 5.28. The highest BCUT2D eigenvalue weighted by Gasteiger charge is 2.24. The minimum atomic E-state index is -0.986. The van der Waals surface area contributed by atoms with Crippen LogP contribution in [0.4, 0.5) is 0 Å². The molecule has 8 nitrogen and oxygen atoms in total. The molecule has 0 aliphatic rings. The van der Waals surface area contributed by atoms with Crippen molar-refractivity contribution in [2.45, 2.75) is 38.1 Å². The zero-order valence-electron chi connectivity index (χ0n) is 24.1. The summed E-state index contributed by atoms with van der Waals surface area (Å²) in [5.41, 5.74) is 3.28. The Morgan fingerprint density at radius 2 is 0.773 bits per heavy atom. The van der Waals surface area contributed by atoms with Gasteiger partial charge in [-0.2, -0.15) is 0 Å². The molecule has 4 rings (SSSR count). The highest BCUT2D eigenvalue weighted by Crippen LogP contribution is 2.09. The van der Waals surface area contributed by atoms with E-state index >= 15 is 0 Å². The van der Waals surface area contributed by atoms with E-state index in [1.165, 1.54) is 0 Å². The number of nitrogens with one attached hydrogen (secondary N) is 2. The van der Waals surface area contributed by atoms with E-state index in [1.807, 2.05) is 121 Å². The third kappa shape index (κ3) is 10.7. The van der Waals surface area contributed by atoms with Gasteiger partial charge < -0.3 is 20.1 Å². The highest BCUT2D eigenvalue weighted by atomic mass is 16.5. The molecule has 0 saturated carbocycles. The molecule has 0 fully saturated rings. The second-order valence-corrected chi connectivity index (χ2v) is 10.0. The van der Waals surface area contributed by atoms with E-state index in [2.05, 4.69) is 10.6 Å². The number of hydrogen-bond donors (Lipinski definition) is 2. The molecular formula is C36H34N2O6. The van der Waals surface area contributed by atoms with E-state index < -0.39 is 35.8 Å². The van der Waals surface area contributed by atoms with Crippen molar-refractivity contribution in [2.24, 2.45) is 0 Å². The summed E-state index contributed by atoms with van der Waals surface area (Å²) in [6, 6.07) is 34.9. The molecule has 0 radical (unpaired) electrons. The highest BCUT2D eigenvalue weighted by molar-refractivity contribution is 5.99. The number of carbonyl (C=O) groups excluding carboxylic acids is 4. The van der Waals surface area contributed by atoms with Crippen molar-refractivity contribution in [3.63, 3.8) is 0 Å². The minimum Gasteiger partial charge on any atom is -0.459 e. The van der Waals surface area contributed by atoms with Crippen LogP contribution in [0.1, 0.15) is 22.3 Å². The number of hydrogen-bond acceptors (Lipinski definition) is 6. The fraction of sp³-hybridized carbons (Fsp3) is 0.167. The molecule has 2 atom stereocenters. The first-order valence-corrected chi connectivity index (χ1v) is 14.2. The molecule has 224 valence electrons. The van der Waals surface area contributed by atoms with Gasteiger partial charge in [0, 0.05) is 25.0 Å². The summed E-state index contributed by atoms with van der Waals surface area (Å²) in [4.78, 5) is 51.6. The summed E-state index contributed by atoms with van der Waals surface area (Å²) in [7, 11) is 0. The van der Waals surface area contributed by atoms with Gasteiger partial charge >= 0.3 is 11.9 Å². The van der Waals surface area contributed by atoms with Crippen LogP contribution in [0.2, 0.25) is 0 Å². The van der Waals surface area contributed by atoms with Gasteiger partial charge in [-0.3, -0.25) is 9.59 Å². The van der Waals surface area contributed by atoms with Crippen LogP contribution in [0.3, 0.4) is 0 Å². The van der Waals surface area contributed by atoms with Crippen molar-refractivity contribution in [1.29, 1.82) is 0 Å². The number of esters is 2. The van der Waals surface area contributed by atoms with Gasteiger partial charge in [-0.05, 0) is 22.3 Å². The minimum absolute atomic E-state index is 0.0578. The lowest BCUT2D eigenvalue weighted by Gasteiger charge is -2.18. The van der Waals surface area contributed by atoms with Gasteiger partial charge in [0.25, 0.3) is 0 Å². The lowest BCUT2D eigenvalue weighted by atomic mass is 10.1. The maximum Gasteiger partial charge on any atom is 0.329 e. The molecule has 0 aromatic heterocycles. The summed E-state index contributed by atoms with van der Waals surface area (Å²) < 4.78 is 10.9. The van der Waals surface area contributed by atoms with E-state index in [-0.39, 0.29) is 26.1 Å². The molecule has 2 amide bonds. The summed E-state index contributed by atoms with van der Waals surface area (Å²) in [5.74, 6) is -2.53. The van der Waals surface area contributed by atoms with Crippen LogP contribution in [-0.2, 0) is 54.7 Å². The number of amides is 2. The van der Waals surface area contributed by atoms with E-state index in [1.54, 1.807) is 0 Å². The fourth-order valence-corrected chi connectivity index (χ4v) is 4.34. The standard InChI is InChI=1S/C36H34N2O6/c39-33(37-31(23-27-13-5-1-6-14-27)35(41)43-25-29-17-9-3-10-18-29)21-22-34(40)38-32(24-28-15-7-2-8-16-28)36(42)44-26-30-19-11-4-12-20-30/h1-22,31-32H,23-26H2,(H,37,39)(H,38,40)/b22-21+/t31-,32-/m0/s1. The van der Waals surface area contributed by atoms with Gasteiger partial charge in [0.2, 0.25) is 11.8 Å². The van der Waals surface area contributed by atoms with Crippen LogP contribution in [0.25, 0.3) is 0 Å². The molecule has 2 N–H and O–H groups in total. The Labute approximate surface area is 256 Å². The molecule has 4 aromatic rings. The number of carbonyl (C=O) groups is 4. The Morgan fingerprint density at radius 1 is 0.477 bits per heavy atom. The van der Waals surface area contributed by atoms with E-state index in [4.69, 9.17) is 9.47 Å². The zero-order chi connectivity index (χ0) is 31.0. The molecule has 8 heteroatoms. The number of benzene rings is 4. The molecule has 0 unspecified atom stereocenters. The fourth-order valence-electron chi connectivity index (χ4n) is 4.34. The lowest BCUT2D eigenvalue weighted by Crippen LogP contribution is -2.44. The van der Waals surface area contributed by atoms with Gasteiger partial charge in [0.15, 0.2) is 0 Å². The topological polar surface area (TPSA) is 111 Å². The molecule has 0 aliphatic carbocycles. The Balaban J connectivity index is 1.38. The van der Waals surface area contributed by atoms with E-state index in [0.717, 1.165) is 34.4 Å². The van der Waals surface area contributed by atoms with Crippen LogP contribution >= 0.6 is 0 Å². The predicted octanol–water partition coefficient (Wildman–Crippen LogP) is 4.48. The maximum absolute atomic E-state index is 13.0. The molecule has 0 heterocycles. The van der Waals surface area contributed by atoms with Gasteiger partial charge in [-0.15, -0.1) is 0 Å². The second-order valence-electron chi connectivity index (χ2n) is 10.0. The van der Waals surface area contributed by atoms with Gasteiger partial charge in [0.05, 0.1) is 0 Å². The summed E-state index contributed by atoms with van der Waals surface area (Å²) in [6.07, 6.45) is 2.44. The molecule has 0 bridgehead atoms. The Bertz CT molecular complexity index is 1410. The van der Waals surface area contributed by atoms with Crippen LogP contribution < -0.4 is 10.6 Å². The number of rotatable bonds is 14. The quantitative estimate of drug-likeness (QED) is 0.166. The van der Waals surface area contributed by atoms with Crippen molar-refractivity contribution in [3.8, 4) is 0 Å². The first-order valence-electron chi connectivity index (χ1n) is 14.2. The molecular weight excluding hydrogens is 556 g/mol. The van der Waals surface area contributed by atoms with Crippen molar-refractivity contribution < 1.29 is 28.7 Å². The predicted molar refractivity (Wildman–Crippen MR) is 166 cm³/mol. The molecule has 44 heavy (non-hydrogen) atoms. The van der Waals surface area contributed by atoms with Gasteiger partial charge in [-0.25, -0.2) is 9.59 Å². The Hall–Kier alpha value is -5.50. The molecule has 0 aliphatic heterocycles. The Kier molecular flexibility index (Phi) is 12.0. The summed E-state index contributed by atoms with van der Waals surface area (Å²) >= 11 is 0. The molecule has 0 saturated heterocycles. The largest absolute Gasteiger partial charge is 0.459 e. The van der Waals surface area contributed by atoms with Crippen LogP contribution in [0.15, 0.2) is 133 Å². The lowest BCUT2D eigenvalue weighted by molar-refractivity contribution is -0.149. The average Bonchev–Trinajstić information content (AvgIpc) is 3.06. The monoisotopic (exact) mass is 590 g/mol. The van der Waals surface area contributed by atoms with Crippen molar-refractivity contribution in [1.82, 2.24) is 10.6 Å². The molecule has 4 aromatic carbocycles. The van der Waals surface area contributed by atoms with E-state index in [9.17, 15) is 19.2 Å². The van der Waals surface area contributed by atoms with Gasteiger partial charge in [0.1, 0.15) is 25.3 Å². The zero-order valence-corrected chi connectivity index (χ0v) is 24.1. The maximum atomic E-state index is 13.0. The smallest absolute Gasteiger partial charge is 0.329 e. The first-order chi connectivity index (χ1) is 21.5. The van der Waals surface area contributed by atoms with Gasteiger partial charge in [-0.1, -0.05) is 121 Å². The molecule has 0 spiro atoms. The van der Waals surface area contributed by atoms with E-state index in [0.29, 0.717) is 0 Å². The Morgan fingerprint density at radius 3 is 1.09 bits per heavy atom.